The Morgan fingerprint density at radius 1 is 1.48 bits per heavy atom. The molecule has 6 heteroatoms. The molecule has 1 N–H and O–H groups in total. The van der Waals surface area contributed by atoms with Crippen LogP contribution in [0.15, 0.2) is 18.2 Å². The normalized spacial score (nSPS) is 20.3. The average Bonchev–Trinajstić information content (AvgIpc) is 2.45. The molecule has 0 bridgehead atoms. The molecular weight excluding hydrogens is 301 g/mol. The fraction of sp³-hybridized carbons (Fsp3) is 0.588. The summed E-state index contributed by atoms with van der Waals surface area (Å²) in [6, 6.07) is 3.63. The number of ether oxygens (including phenoxy) is 2. The van der Waals surface area contributed by atoms with E-state index in [0.717, 1.165) is 0 Å². The number of aliphatic hydroxyl groups excluding tert-OH is 1. The van der Waals surface area contributed by atoms with Gasteiger partial charge in [-0.25, -0.2) is 9.18 Å². The fourth-order valence-electron chi connectivity index (χ4n) is 2.61. The number of carbonyl (C=O) groups excluding carboxylic acids is 1. The van der Waals surface area contributed by atoms with Crippen molar-refractivity contribution in [3.63, 3.8) is 0 Å². The number of hydrogen-bond donors (Lipinski definition) is 1. The second kappa shape index (κ2) is 6.84. The molecule has 2 rings (SSSR count). The van der Waals surface area contributed by atoms with Crippen molar-refractivity contribution in [1.29, 1.82) is 0 Å². The van der Waals surface area contributed by atoms with Crippen molar-refractivity contribution in [2.24, 2.45) is 0 Å². The van der Waals surface area contributed by atoms with E-state index in [1.54, 1.807) is 27.7 Å². The lowest BCUT2D eigenvalue weighted by molar-refractivity contribution is -0.0674. The summed E-state index contributed by atoms with van der Waals surface area (Å²) >= 11 is 0. The molecule has 1 aliphatic heterocycles. The highest BCUT2D eigenvalue weighted by atomic mass is 19.1. The predicted octanol–water partition coefficient (Wildman–Crippen LogP) is 2.80. The minimum absolute atomic E-state index is 0.206. The topological polar surface area (TPSA) is 59.0 Å². The van der Waals surface area contributed by atoms with Crippen molar-refractivity contribution in [3.8, 4) is 0 Å². The molecule has 1 saturated heterocycles. The Balaban J connectivity index is 2.21. The SMILES string of the molecule is Cc1cc(F)ccc1C(O)C1COCCN1C(=O)OC(C)(C)C. The average molecular weight is 325 g/mol. The molecule has 23 heavy (non-hydrogen) atoms. The van der Waals surface area contributed by atoms with Gasteiger partial charge < -0.3 is 14.6 Å². The van der Waals surface area contributed by atoms with E-state index < -0.39 is 23.8 Å². The summed E-state index contributed by atoms with van der Waals surface area (Å²) < 4.78 is 24.1. The van der Waals surface area contributed by atoms with Gasteiger partial charge in [-0.1, -0.05) is 6.07 Å². The highest BCUT2D eigenvalue weighted by Gasteiger charge is 2.36. The number of amides is 1. The summed E-state index contributed by atoms with van der Waals surface area (Å²) in [6.07, 6.45) is -1.45. The Bertz CT molecular complexity index is 570. The first kappa shape index (κ1) is 17.7. The molecule has 0 radical (unpaired) electrons. The lowest BCUT2D eigenvalue weighted by Gasteiger charge is -2.39. The molecule has 5 nitrogen and oxygen atoms in total. The van der Waals surface area contributed by atoms with Crippen molar-refractivity contribution < 1.29 is 23.8 Å². The molecule has 1 amide bonds. The van der Waals surface area contributed by atoms with Gasteiger partial charge in [0.2, 0.25) is 0 Å². The van der Waals surface area contributed by atoms with Gasteiger partial charge in [0.15, 0.2) is 0 Å². The van der Waals surface area contributed by atoms with E-state index in [1.165, 1.54) is 23.1 Å². The van der Waals surface area contributed by atoms with E-state index in [-0.39, 0.29) is 12.4 Å². The summed E-state index contributed by atoms with van der Waals surface area (Å²) in [5.74, 6) is -0.359. The lowest BCUT2D eigenvalue weighted by Crippen LogP contribution is -2.52. The molecule has 2 atom stereocenters. The third-order valence-electron chi connectivity index (χ3n) is 3.71. The number of halogens is 1. The van der Waals surface area contributed by atoms with Crippen LogP contribution in [0.2, 0.25) is 0 Å². The van der Waals surface area contributed by atoms with Crippen LogP contribution in [0.3, 0.4) is 0 Å². The number of hydrogen-bond acceptors (Lipinski definition) is 4. The molecule has 2 unspecified atom stereocenters. The summed E-state index contributed by atoms with van der Waals surface area (Å²) in [7, 11) is 0. The first-order valence-corrected chi connectivity index (χ1v) is 7.70. The van der Waals surface area contributed by atoms with Gasteiger partial charge in [0, 0.05) is 6.54 Å². The maximum absolute atomic E-state index is 13.3. The molecular formula is C17H24FNO4. The smallest absolute Gasteiger partial charge is 0.410 e. The van der Waals surface area contributed by atoms with Gasteiger partial charge in [-0.15, -0.1) is 0 Å². The number of benzene rings is 1. The number of morpholine rings is 1. The Morgan fingerprint density at radius 2 is 2.17 bits per heavy atom. The molecule has 1 aliphatic rings. The van der Waals surface area contributed by atoms with Crippen molar-refractivity contribution in [3.05, 3.63) is 35.1 Å². The highest BCUT2D eigenvalue weighted by molar-refractivity contribution is 5.69. The summed E-state index contributed by atoms with van der Waals surface area (Å²) in [6.45, 7) is 8.05. The van der Waals surface area contributed by atoms with E-state index in [9.17, 15) is 14.3 Å². The molecule has 0 spiro atoms. The quantitative estimate of drug-likeness (QED) is 0.908. The molecule has 1 aromatic carbocycles. The lowest BCUT2D eigenvalue weighted by atomic mass is 9.96. The van der Waals surface area contributed by atoms with E-state index in [2.05, 4.69) is 0 Å². The number of rotatable bonds is 2. The van der Waals surface area contributed by atoms with Gasteiger partial charge in [0.1, 0.15) is 17.5 Å². The van der Waals surface area contributed by atoms with Crippen LogP contribution < -0.4 is 0 Å². The largest absolute Gasteiger partial charge is 0.444 e. The second-order valence-electron chi connectivity index (χ2n) is 6.76. The molecule has 1 heterocycles. The highest BCUT2D eigenvalue weighted by Crippen LogP contribution is 2.27. The Hall–Kier alpha value is -1.66. The van der Waals surface area contributed by atoms with Gasteiger partial charge in [-0.05, 0) is 51.0 Å². The van der Waals surface area contributed by atoms with Crippen molar-refractivity contribution in [2.75, 3.05) is 19.8 Å². The van der Waals surface area contributed by atoms with Crippen molar-refractivity contribution in [1.82, 2.24) is 4.90 Å². The van der Waals surface area contributed by atoms with Crippen LogP contribution in [0.4, 0.5) is 9.18 Å². The van der Waals surface area contributed by atoms with Crippen LogP contribution in [0.1, 0.15) is 38.0 Å². The second-order valence-corrected chi connectivity index (χ2v) is 6.76. The predicted molar refractivity (Wildman–Crippen MR) is 83.6 cm³/mol. The van der Waals surface area contributed by atoms with E-state index in [0.29, 0.717) is 24.3 Å². The number of aliphatic hydroxyl groups is 1. The van der Waals surface area contributed by atoms with Gasteiger partial charge in [0.05, 0.1) is 19.3 Å². The maximum Gasteiger partial charge on any atom is 0.410 e. The first-order chi connectivity index (χ1) is 10.7. The molecule has 0 saturated carbocycles. The van der Waals surface area contributed by atoms with E-state index in [1.807, 2.05) is 0 Å². The van der Waals surface area contributed by atoms with Crippen molar-refractivity contribution >= 4 is 6.09 Å². The minimum atomic E-state index is -0.969. The van der Waals surface area contributed by atoms with E-state index in [4.69, 9.17) is 9.47 Å². The van der Waals surface area contributed by atoms with Crippen LogP contribution in [-0.2, 0) is 9.47 Å². The van der Waals surface area contributed by atoms with Crippen LogP contribution in [0.5, 0.6) is 0 Å². The van der Waals surface area contributed by atoms with Crippen LogP contribution >= 0.6 is 0 Å². The summed E-state index contributed by atoms with van der Waals surface area (Å²) in [5.41, 5.74) is 0.596. The summed E-state index contributed by atoms with van der Waals surface area (Å²) in [5, 5.41) is 10.7. The monoisotopic (exact) mass is 325 g/mol. The third kappa shape index (κ3) is 4.42. The van der Waals surface area contributed by atoms with Crippen LogP contribution in [-0.4, -0.2) is 47.5 Å². The molecule has 128 valence electrons. The van der Waals surface area contributed by atoms with Gasteiger partial charge in [-0.3, -0.25) is 4.90 Å². The Morgan fingerprint density at radius 3 is 2.78 bits per heavy atom. The summed E-state index contributed by atoms with van der Waals surface area (Å²) in [4.78, 5) is 13.9. The van der Waals surface area contributed by atoms with Crippen molar-refractivity contribution in [2.45, 2.75) is 45.4 Å². The third-order valence-corrected chi connectivity index (χ3v) is 3.71. The van der Waals surface area contributed by atoms with Crippen LogP contribution in [0.25, 0.3) is 0 Å². The maximum atomic E-state index is 13.3. The fourth-order valence-corrected chi connectivity index (χ4v) is 2.61. The number of nitrogens with zero attached hydrogens (tertiary/aromatic N) is 1. The van der Waals surface area contributed by atoms with Gasteiger partial charge >= 0.3 is 6.09 Å². The van der Waals surface area contributed by atoms with Gasteiger partial charge in [-0.2, -0.15) is 0 Å². The number of carbonyl (C=O) groups is 1. The molecule has 1 fully saturated rings. The zero-order valence-corrected chi connectivity index (χ0v) is 14.0. The molecule has 0 aliphatic carbocycles. The standard InChI is InChI=1S/C17H24FNO4/c1-11-9-12(18)5-6-13(11)15(20)14-10-22-8-7-19(14)16(21)23-17(2,3)4/h5-6,9,14-15,20H,7-8,10H2,1-4H3. The Labute approximate surface area is 136 Å². The first-order valence-electron chi connectivity index (χ1n) is 7.70. The molecule has 0 aromatic heterocycles. The zero-order valence-electron chi connectivity index (χ0n) is 14.0. The van der Waals surface area contributed by atoms with Gasteiger partial charge in [0.25, 0.3) is 0 Å². The number of aryl methyl sites for hydroxylation is 1. The van der Waals surface area contributed by atoms with Crippen LogP contribution in [0, 0.1) is 12.7 Å². The zero-order chi connectivity index (χ0) is 17.2. The Kier molecular flexibility index (Phi) is 5.26. The minimum Gasteiger partial charge on any atom is -0.444 e. The molecule has 1 aromatic rings. The van der Waals surface area contributed by atoms with E-state index >= 15 is 0 Å².